The van der Waals surface area contributed by atoms with Crippen LogP contribution < -0.4 is 0 Å². The number of allylic oxidation sites excluding steroid dienone is 2. The smallest absolute Gasteiger partial charge is 0.00313 e. The summed E-state index contributed by atoms with van der Waals surface area (Å²) in [7, 11) is 0. The predicted octanol–water partition coefficient (Wildman–Crippen LogP) is 10.4. The van der Waals surface area contributed by atoms with Gasteiger partial charge in [0.05, 0.1) is 0 Å². The van der Waals surface area contributed by atoms with Crippen molar-refractivity contribution in [2.24, 2.45) is 5.92 Å². The molecule has 27 heavy (non-hydrogen) atoms. The molecule has 162 valence electrons. The lowest BCUT2D eigenvalue weighted by molar-refractivity contribution is 0.464. The number of hydrogen-bond donors (Lipinski definition) is 0. The summed E-state index contributed by atoms with van der Waals surface area (Å²) in [6, 6.07) is 0. The maximum absolute atomic E-state index is 3.52. The molecule has 0 aromatic carbocycles. The Balaban J connectivity index is 3.90. The SMILES string of the molecule is CCCCCCCCC(C=CCCCCCCCBr)CCCCCCCC. The molecule has 0 rings (SSSR count). The van der Waals surface area contributed by atoms with E-state index in [1.54, 1.807) is 0 Å². The summed E-state index contributed by atoms with van der Waals surface area (Å²) in [5.74, 6) is 0.857. The third-order valence-electron chi connectivity index (χ3n) is 5.77. The molecule has 0 saturated heterocycles. The Hall–Kier alpha value is 0.220. The first-order valence-electron chi connectivity index (χ1n) is 12.6. The van der Waals surface area contributed by atoms with Gasteiger partial charge in [-0.15, -0.1) is 0 Å². The molecule has 0 aromatic rings. The van der Waals surface area contributed by atoms with E-state index in [0.29, 0.717) is 0 Å². The van der Waals surface area contributed by atoms with Gasteiger partial charge < -0.3 is 0 Å². The predicted molar refractivity (Wildman–Crippen MR) is 130 cm³/mol. The first kappa shape index (κ1) is 27.2. The van der Waals surface area contributed by atoms with Crippen LogP contribution in [0.2, 0.25) is 0 Å². The largest absolute Gasteiger partial charge is 0.0928 e. The molecular formula is C26H51Br. The van der Waals surface area contributed by atoms with Crippen LogP contribution in [0.15, 0.2) is 12.2 Å². The Morgan fingerprint density at radius 1 is 0.556 bits per heavy atom. The molecule has 0 bridgehead atoms. The number of halogens is 1. The highest BCUT2D eigenvalue weighted by Gasteiger charge is 2.05. The maximum Gasteiger partial charge on any atom is 0.00313 e. The zero-order valence-corrected chi connectivity index (χ0v) is 20.5. The Bertz CT molecular complexity index is 268. The molecule has 0 unspecified atom stereocenters. The Morgan fingerprint density at radius 2 is 1.00 bits per heavy atom. The van der Waals surface area contributed by atoms with Crippen LogP contribution in [0.4, 0.5) is 0 Å². The summed E-state index contributed by atoms with van der Waals surface area (Å²) in [5, 5.41) is 1.17. The van der Waals surface area contributed by atoms with Gasteiger partial charge in [0.15, 0.2) is 0 Å². The van der Waals surface area contributed by atoms with E-state index < -0.39 is 0 Å². The van der Waals surface area contributed by atoms with Crippen molar-refractivity contribution in [3.8, 4) is 0 Å². The molecular weight excluding hydrogens is 392 g/mol. The van der Waals surface area contributed by atoms with Crippen LogP contribution in [-0.4, -0.2) is 5.33 Å². The van der Waals surface area contributed by atoms with Gasteiger partial charge in [-0.1, -0.05) is 138 Å². The number of alkyl halides is 1. The number of rotatable bonds is 22. The molecule has 0 fully saturated rings. The lowest BCUT2D eigenvalue weighted by atomic mass is 9.93. The topological polar surface area (TPSA) is 0 Å². The third kappa shape index (κ3) is 22.4. The zero-order valence-electron chi connectivity index (χ0n) is 19.0. The fourth-order valence-electron chi connectivity index (χ4n) is 3.89. The lowest BCUT2D eigenvalue weighted by Gasteiger charge is -2.13. The van der Waals surface area contributed by atoms with E-state index in [9.17, 15) is 0 Å². The van der Waals surface area contributed by atoms with Crippen molar-refractivity contribution in [3.63, 3.8) is 0 Å². The van der Waals surface area contributed by atoms with Crippen LogP contribution in [0.5, 0.6) is 0 Å². The van der Waals surface area contributed by atoms with Crippen molar-refractivity contribution in [1.82, 2.24) is 0 Å². The fourth-order valence-corrected chi connectivity index (χ4v) is 4.28. The van der Waals surface area contributed by atoms with Crippen LogP contribution in [-0.2, 0) is 0 Å². The van der Waals surface area contributed by atoms with Gasteiger partial charge >= 0.3 is 0 Å². The molecule has 1 heteroatoms. The molecule has 0 heterocycles. The molecule has 0 nitrogen and oxygen atoms in total. The molecule has 0 aliphatic rings. The van der Waals surface area contributed by atoms with E-state index >= 15 is 0 Å². The second-order valence-electron chi connectivity index (χ2n) is 8.55. The van der Waals surface area contributed by atoms with Crippen molar-refractivity contribution in [1.29, 1.82) is 0 Å². The minimum Gasteiger partial charge on any atom is -0.0928 e. The van der Waals surface area contributed by atoms with Crippen LogP contribution in [0.1, 0.15) is 142 Å². The Morgan fingerprint density at radius 3 is 1.52 bits per heavy atom. The summed E-state index contributed by atoms with van der Waals surface area (Å²) >= 11 is 3.52. The van der Waals surface area contributed by atoms with Crippen molar-refractivity contribution in [2.75, 3.05) is 5.33 Å². The monoisotopic (exact) mass is 442 g/mol. The molecule has 0 aliphatic heterocycles. The zero-order chi connectivity index (χ0) is 19.8. The average Bonchev–Trinajstić information content (AvgIpc) is 2.68. The minimum atomic E-state index is 0.857. The molecule has 0 aromatic heterocycles. The second kappa shape index (κ2) is 24.3. The van der Waals surface area contributed by atoms with E-state index in [1.807, 2.05) is 0 Å². The molecule has 0 saturated carbocycles. The molecule has 0 atom stereocenters. The van der Waals surface area contributed by atoms with E-state index in [4.69, 9.17) is 0 Å². The van der Waals surface area contributed by atoms with E-state index in [1.165, 1.54) is 134 Å². The summed E-state index contributed by atoms with van der Waals surface area (Å²) in [6.07, 6.45) is 33.4. The van der Waals surface area contributed by atoms with Crippen LogP contribution in [0.25, 0.3) is 0 Å². The number of hydrogen-bond acceptors (Lipinski definition) is 0. The van der Waals surface area contributed by atoms with Gasteiger partial charge in [-0.05, 0) is 38.0 Å². The van der Waals surface area contributed by atoms with E-state index in [2.05, 4.69) is 41.9 Å². The standard InChI is InChI=1S/C26H51Br/c1-3-5-7-9-14-18-22-26(23-19-15-10-8-6-4-2)24-20-16-12-11-13-17-21-25-27/h20,24,26H,3-19,21-23,25H2,1-2H3. The lowest BCUT2D eigenvalue weighted by Crippen LogP contribution is -1.97. The quantitative estimate of drug-likeness (QED) is 0.0886. The van der Waals surface area contributed by atoms with Crippen molar-refractivity contribution in [2.45, 2.75) is 142 Å². The van der Waals surface area contributed by atoms with Crippen LogP contribution in [0, 0.1) is 5.92 Å². The maximum atomic E-state index is 3.52. The van der Waals surface area contributed by atoms with Crippen LogP contribution >= 0.6 is 15.9 Å². The normalized spacial score (nSPS) is 11.9. The first-order valence-corrected chi connectivity index (χ1v) is 13.7. The molecule has 0 amide bonds. The Labute approximate surface area is 181 Å². The minimum absolute atomic E-state index is 0.857. The van der Waals surface area contributed by atoms with E-state index in [-0.39, 0.29) is 0 Å². The van der Waals surface area contributed by atoms with Gasteiger partial charge in [0.1, 0.15) is 0 Å². The highest BCUT2D eigenvalue weighted by atomic mass is 79.9. The van der Waals surface area contributed by atoms with Crippen molar-refractivity contribution >= 4 is 15.9 Å². The van der Waals surface area contributed by atoms with Crippen LogP contribution in [0.3, 0.4) is 0 Å². The number of unbranched alkanes of at least 4 members (excludes halogenated alkanes) is 15. The van der Waals surface area contributed by atoms with Gasteiger partial charge in [0.2, 0.25) is 0 Å². The van der Waals surface area contributed by atoms with E-state index in [0.717, 1.165) is 5.92 Å². The molecule has 0 N–H and O–H groups in total. The first-order chi connectivity index (χ1) is 13.3. The molecule has 0 spiro atoms. The van der Waals surface area contributed by atoms with Crippen molar-refractivity contribution in [3.05, 3.63) is 12.2 Å². The van der Waals surface area contributed by atoms with Gasteiger partial charge in [0, 0.05) is 5.33 Å². The molecule has 0 aliphatic carbocycles. The Kier molecular flexibility index (Phi) is 24.5. The fraction of sp³-hybridized carbons (Fsp3) is 0.923. The third-order valence-corrected chi connectivity index (χ3v) is 6.33. The average molecular weight is 444 g/mol. The second-order valence-corrected chi connectivity index (χ2v) is 9.34. The van der Waals surface area contributed by atoms with Crippen molar-refractivity contribution < 1.29 is 0 Å². The van der Waals surface area contributed by atoms with Gasteiger partial charge in [0.25, 0.3) is 0 Å². The van der Waals surface area contributed by atoms with Gasteiger partial charge in [-0.3, -0.25) is 0 Å². The summed E-state index contributed by atoms with van der Waals surface area (Å²) in [4.78, 5) is 0. The molecule has 0 radical (unpaired) electrons. The highest BCUT2D eigenvalue weighted by Crippen LogP contribution is 2.21. The van der Waals surface area contributed by atoms with Gasteiger partial charge in [-0.2, -0.15) is 0 Å². The summed E-state index contributed by atoms with van der Waals surface area (Å²) in [6.45, 7) is 4.62. The highest BCUT2D eigenvalue weighted by molar-refractivity contribution is 9.09. The van der Waals surface area contributed by atoms with Gasteiger partial charge in [-0.25, -0.2) is 0 Å². The summed E-state index contributed by atoms with van der Waals surface area (Å²) < 4.78 is 0. The summed E-state index contributed by atoms with van der Waals surface area (Å²) in [5.41, 5.74) is 0.